The van der Waals surface area contributed by atoms with Crippen molar-refractivity contribution in [2.24, 2.45) is 0 Å². The van der Waals surface area contributed by atoms with E-state index in [1.54, 1.807) is 0 Å². The third-order valence-electron chi connectivity index (χ3n) is 3.35. The number of hydrogen-bond donors (Lipinski definition) is 2. The van der Waals surface area contributed by atoms with E-state index in [0.717, 1.165) is 30.5 Å². The first kappa shape index (κ1) is 12.2. The van der Waals surface area contributed by atoms with Gasteiger partial charge < -0.3 is 15.2 Å². The molecule has 0 saturated carbocycles. The summed E-state index contributed by atoms with van der Waals surface area (Å²) < 4.78 is 18.4. The summed E-state index contributed by atoms with van der Waals surface area (Å²) in [5.41, 5.74) is 1.55. The number of ether oxygens (including phenoxy) is 1. The summed E-state index contributed by atoms with van der Waals surface area (Å²) in [6, 6.07) is 1.79. The highest BCUT2D eigenvalue weighted by Crippen LogP contribution is 2.36. The minimum absolute atomic E-state index is 0.0522. The van der Waals surface area contributed by atoms with Crippen molar-refractivity contribution in [1.29, 1.82) is 0 Å². The molecule has 0 spiro atoms. The van der Waals surface area contributed by atoms with Gasteiger partial charge in [-0.2, -0.15) is 0 Å². The molecule has 0 amide bonds. The molecule has 2 rings (SSSR count). The first-order valence-corrected chi connectivity index (χ1v) is 5.91. The van der Waals surface area contributed by atoms with Crippen LogP contribution in [0.25, 0.3) is 0 Å². The lowest BCUT2D eigenvalue weighted by Gasteiger charge is -2.16. The van der Waals surface area contributed by atoms with E-state index in [9.17, 15) is 9.50 Å². The fourth-order valence-corrected chi connectivity index (χ4v) is 2.41. The molecule has 0 radical (unpaired) electrons. The number of benzene rings is 1. The van der Waals surface area contributed by atoms with Gasteiger partial charge in [0.1, 0.15) is 0 Å². The van der Waals surface area contributed by atoms with Gasteiger partial charge in [-0.1, -0.05) is 0 Å². The fraction of sp³-hybridized carbons (Fsp3) is 0.538. The number of nitrogens with one attached hydrogen (secondary N) is 1. The van der Waals surface area contributed by atoms with Gasteiger partial charge in [-0.25, -0.2) is 4.39 Å². The zero-order chi connectivity index (χ0) is 12.4. The summed E-state index contributed by atoms with van der Waals surface area (Å²) in [4.78, 5) is 0. The van der Waals surface area contributed by atoms with Gasteiger partial charge in [0.2, 0.25) is 0 Å². The van der Waals surface area contributed by atoms with E-state index in [0.29, 0.717) is 12.5 Å². The standard InChI is InChI=1S/C13H18FNO2/c1-8-6-11(14)13(17-2)12(16)10(8)7-9-4-3-5-15-9/h6,9,15-16H,3-5,7H2,1-2H3. The van der Waals surface area contributed by atoms with E-state index in [4.69, 9.17) is 4.74 Å². The Morgan fingerprint density at radius 2 is 2.35 bits per heavy atom. The van der Waals surface area contributed by atoms with Crippen molar-refractivity contribution < 1.29 is 14.2 Å². The Morgan fingerprint density at radius 3 is 2.94 bits per heavy atom. The van der Waals surface area contributed by atoms with Crippen molar-refractivity contribution in [2.75, 3.05) is 13.7 Å². The molecule has 1 atom stereocenters. The summed E-state index contributed by atoms with van der Waals surface area (Å²) >= 11 is 0. The monoisotopic (exact) mass is 239 g/mol. The lowest BCUT2D eigenvalue weighted by molar-refractivity contribution is 0.347. The number of phenolic OH excluding ortho intramolecular Hbond substituents is 1. The Kier molecular flexibility index (Phi) is 3.52. The number of phenols is 1. The molecule has 3 nitrogen and oxygen atoms in total. The molecule has 2 N–H and O–H groups in total. The molecule has 0 bridgehead atoms. The largest absolute Gasteiger partial charge is 0.504 e. The second-order valence-corrected chi connectivity index (χ2v) is 4.53. The second kappa shape index (κ2) is 4.92. The van der Waals surface area contributed by atoms with E-state index in [-0.39, 0.29) is 11.5 Å². The van der Waals surface area contributed by atoms with Crippen molar-refractivity contribution >= 4 is 0 Å². The highest BCUT2D eigenvalue weighted by atomic mass is 19.1. The Balaban J connectivity index is 2.31. The number of aryl methyl sites for hydroxylation is 1. The summed E-state index contributed by atoms with van der Waals surface area (Å²) in [5, 5.41) is 13.4. The van der Waals surface area contributed by atoms with Crippen LogP contribution in [0.2, 0.25) is 0 Å². The van der Waals surface area contributed by atoms with E-state index in [1.165, 1.54) is 13.2 Å². The van der Waals surface area contributed by atoms with Gasteiger partial charge in [0.25, 0.3) is 0 Å². The topological polar surface area (TPSA) is 41.5 Å². The summed E-state index contributed by atoms with van der Waals surface area (Å²) in [7, 11) is 1.37. The van der Waals surface area contributed by atoms with Gasteiger partial charge in [0, 0.05) is 11.6 Å². The first-order valence-electron chi connectivity index (χ1n) is 5.91. The van der Waals surface area contributed by atoms with E-state index in [2.05, 4.69) is 5.32 Å². The lowest BCUT2D eigenvalue weighted by Crippen LogP contribution is -2.24. The molecule has 1 unspecified atom stereocenters. The molecular weight excluding hydrogens is 221 g/mol. The smallest absolute Gasteiger partial charge is 0.196 e. The molecule has 1 saturated heterocycles. The van der Waals surface area contributed by atoms with Crippen LogP contribution in [0.4, 0.5) is 4.39 Å². The van der Waals surface area contributed by atoms with Crippen LogP contribution in [0.1, 0.15) is 24.0 Å². The Labute approximate surface area is 101 Å². The number of hydrogen-bond acceptors (Lipinski definition) is 3. The molecule has 1 aromatic rings. The van der Waals surface area contributed by atoms with Crippen LogP contribution >= 0.6 is 0 Å². The van der Waals surface area contributed by atoms with Gasteiger partial charge in [0.15, 0.2) is 17.3 Å². The van der Waals surface area contributed by atoms with Crippen LogP contribution in [-0.4, -0.2) is 24.8 Å². The van der Waals surface area contributed by atoms with E-state index in [1.807, 2.05) is 6.92 Å². The summed E-state index contributed by atoms with van der Waals surface area (Å²) in [6.07, 6.45) is 2.97. The molecule has 0 aliphatic carbocycles. The molecule has 4 heteroatoms. The molecule has 1 fully saturated rings. The molecule has 0 aromatic heterocycles. The minimum atomic E-state index is -0.509. The number of rotatable bonds is 3. The predicted octanol–water partition coefficient (Wildman–Crippen LogP) is 2.14. The number of aromatic hydroxyl groups is 1. The average Bonchev–Trinajstić information content (AvgIpc) is 2.77. The lowest BCUT2D eigenvalue weighted by atomic mass is 9.98. The zero-order valence-corrected chi connectivity index (χ0v) is 10.2. The van der Waals surface area contributed by atoms with Gasteiger partial charge in [0.05, 0.1) is 7.11 Å². The van der Waals surface area contributed by atoms with E-state index < -0.39 is 5.82 Å². The van der Waals surface area contributed by atoms with Gasteiger partial charge in [-0.15, -0.1) is 0 Å². The van der Waals surface area contributed by atoms with Crippen LogP contribution < -0.4 is 10.1 Å². The van der Waals surface area contributed by atoms with Crippen molar-refractivity contribution in [3.8, 4) is 11.5 Å². The maximum Gasteiger partial charge on any atom is 0.196 e. The fourth-order valence-electron chi connectivity index (χ4n) is 2.41. The number of halogens is 1. The molecule has 1 aromatic carbocycles. The SMILES string of the molecule is COc1c(F)cc(C)c(CC2CCCN2)c1O. The molecule has 94 valence electrons. The van der Waals surface area contributed by atoms with Crippen LogP contribution in [-0.2, 0) is 6.42 Å². The van der Waals surface area contributed by atoms with Crippen molar-refractivity contribution in [3.63, 3.8) is 0 Å². The van der Waals surface area contributed by atoms with Crippen LogP contribution in [0.5, 0.6) is 11.5 Å². The van der Waals surface area contributed by atoms with E-state index >= 15 is 0 Å². The van der Waals surface area contributed by atoms with Crippen LogP contribution in [0.3, 0.4) is 0 Å². The number of methoxy groups -OCH3 is 1. The summed E-state index contributed by atoms with van der Waals surface area (Å²) in [6.45, 7) is 2.83. The molecular formula is C13H18FNO2. The summed E-state index contributed by atoms with van der Waals surface area (Å²) in [5.74, 6) is -0.618. The van der Waals surface area contributed by atoms with Crippen LogP contribution in [0, 0.1) is 12.7 Å². The second-order valence-electron chi connectivity index (χ2n) is 4.53. The van der Waals surface area contributed by atoms with Crippen molar-refractivity contribution in [2.45, 2.75) is 32.2 Å². The molecule has 1 heterocycles. The Hall–Kier alpha value is -1.29. The quantitative estimate of drug-likeness (QED) is 0.849. The molecule has 17 heavy (non-hydrogen) atoms. The molecule has 1 aliphatic heterocycles. The van der Waals surface area contributed by atoms with Gasteiger partial charge in [-0.05, 0) is 44.4 Å². The van der Waals surface area contributed by atoms with Crippen molar-refractivity contribution in [1.82, 2.24) is 5.32 Å². The minimum Gasteiger partial charge on any atom is -0.504 e. The predicted molar refractivity (Wildman–Crippen MR) is 64.1 cm³/mol. The average molecular weight is 239 g/mol. The van der Waals surface area contributed by atoms with Gasteiger partial charge in [-0.3, -0.25) is 0 Å². The zero-order valence-electron chi connectivity index (χ0n) is 10.2. The maximum absolute atomic E-state index is 13.5. The Morgan fingerprint density at radius 1 is 1.59 bits per heavy atom. The third-order valence-corrected chi connectivity index (χ3v) is 3.35. The van der Waals surface area contributed by atoms with Crippen LogP contribution in [0.15, 0.2) is 6.07 Å². The van der Waals surface area contributed by atoms with Gasteiger partial charge >= 0.3 is 0 Å². The maximum atomic E-state index is 13.5. The third kappa shape index (κ3) is 2.36. The Bertz CT molecular complexity index is 414. The molecule has 1 aliphatic rings. The normalized spacial score (nSPS) is 19.6. The highest BCUT2D eigenvalue weighted by molar-refractivity contribution is 5.50. The van der Waals surface area contributed by atoms with Crippen molar-refractivity contribution in [3.05, 3.63) is 23.0 Å². The first-order chi connectivity index (χ1) is 8.13. The highest BCUT2D eigenvalue weighted by Gasteiger charge is 2.21.